The number of hydrogen-bond donors (Lipinski definition) is 2. The number of aliphatic carboxylic acids is 1. The van der Waals surface area contributed by atoms with Crippen molar-refractivity contribution in [3.05, 3.63) is 0 Å². The number of amides is 2. The summed E-state index contributed by atoms with van der Waals surface area (Å²) in [5.41, 5.74) is 0. The molecule has 20 heavy (non-hydrogen) atoms. The van der Waals surface area contributed by atoms with E-state index in [1.807, 2.05) is 6.92 Å². The van der Waals surface area contributed by atoms with Gasteiger partial charge in [0.25, 0.3) is 0 Å². The summed E-state index contributed by atoms with van der Waals surface area (Å²) in [6, 6.07) is -0.862. The molecule has 4 unspecified atom stereocenters. The quantitative estimate of drug-likeness (QED) is 0.819. The molecule has 1 heterocycles. The Labute approximate surface area is 119 Å². The molecule has 0 spiro atoms. The molecule has 2 N–H and O–H groups in total. The maximum Gasteiger partial charge on any atom is 0.326 e. The lowest BCUT2D eigenvalue weighted by Crippen LogP contribution is -2.51. The van der Waals surface area contributed by atoms with E-state index in [2.05, 4.69) is 5.32 Å². The van der Waals surface area contributed by atoms with Gasteiger partial charge in [-0.15, -0.1) is 0 Å². The zero-order chi connectivity index (χ0) is 14.7. The van der Waals surface area contributed by atoms with Crippen LogP contribution in [0.2, 0.25) is 0 Å². The average molecular weight is 284 g/mol. The third-order valence-corrected chi connectivity index (χ3v) is 4.55. The van der Waals surface area contributed by atoms with Crippen molar-refractivity contribution >= 4 is 12.0 Å². The lowest BCUT2D eigenvalue weighted by Gasteiger charge is -2.33. The SMILES string of the molecule is COC(C)CNC(=O)N1C(C(=O)O)CC2CCCCC21. The van der Waals surface area contributed by atoms with E-state index in [0.29, 0.717) is 18.9 Å². The van der Waals surface area contributed by atoms with Crippen molar-refractivity contribution in [2.24, 2.45) is 5.92 Å². The Morgan fingerprint density at radius 2 is 2.10 bits per heavy atom. The molecular formula is C14H24N2O4. The molecular weight excluding hydrogens is 260 g/mol. The molecule has 6 heteroatoms. The van der Waals surface area contributed by atoms with Crippen LogP contribution in [-0.4, -0.2) is 53.8 Å². The minimum absolute atomic E-state index is 0.0769. The minimum atomic E-state index is -0.894. The van der Waals surface area contributed by atoms with Gasteiger partial charge < -0.3 is 20.1 Å². The van der Waals surface area contributed by atoms with Crippen LogP contribution >= 0.6 is 0 Å². The van der Waals surface area contributed by atoms with Gasteiger partial charge in [-0.05, 0) is 32.1 Å². The Bertz CT molecular complexity index is 374. The number of carboxylic acid groups (broad SMARTS) is 1. The molecule has 0 radical (unpaired) electrons. The van der Waals surface area contributed by atoms with Gasteiger partial charge in [-0.1, -0.05) is 12.8 Å². The van der Waals surface area contributed by atoms with E-state index in [1.165, 1.54) is 0 Å². The van der Waals surface area contributed by atoms with Crippen molar-refractivity contribution in [2.75, 3.05) is 13.7 Å². The molecule has 6 nitrogen and oxygen atoms in total. The summed E-state index contributed by atoms with van der Waals surface area (Å²) in [6.45, 7) is 2.26. The van der Waals surface area contributed by atoms with Gasteiger partial charge in [0.2, 0.25) is 0 Å². The number of nitrogens with zero attached hydrogens (tertiary/aromatic N) is 1. The molecule has 1 saturated carbocycles. The maximum atomic E-state index is 12.3. The predicted octanol–water partition coefficient (Wildman–Crippen LogP) is 1.45. The van der Waals surface area contributed by atoms with E-state index in [9.17, 15) is 14.7 Å². The van der Waals surface area contributed by atoms with Crippen molar-refractivity contribution in [1.82, 2.24) is 10.2 Å². The normalized spacial score (nSPS) is 30.7. The highest BCUT2D eigenvalue weighted by molar-refractivity contribution is 5.83. The number of hydrogen-bond acceptors (Lipinski definition) is 3. The van der Waals surface area contributed by atoms with E-state index in [0.717, 1.165) is 25.7 Å². The number of carbonyl (C=O) groups is 2. The molecule has 0 bridgehead atoms. The summed E-state index contributed by atoms with van der Waals surface area (Å²) in [5, 5.41) is 12.1. The van der Waals surface area contributed by atoms with Crippen molar-refractivity contribution in [1.29, 1.82) is 0 Å². The Balaban J connectivity index is 2.04. The van der Waals surface area contributed by atoms with Gasteiger partial charge in [0.05, 0.1) is 6.10 Å². The number of likely N-dealkylation sites (tertiary alicyclic amines) is 1. The van der Waals surface area contributed by atoms with Crippen LogP contribution in [0.1, 0.15) is 39.0 Å². The molecule has 4 atom stereocenters. The second kappa shape index (κ2) is 6.43. The highest BCUT2D eigenvalue weighted by Gasteiger charge is 2.47. The van der Waals surface area contributed by atoms with Crippen molar-refractivity contribution in [3.63, 3.8) is 0 Å². The van der Waals surface area contributed by atoms with Gasteiger partial charge in [-0.25, -0.2) is 9.59 Å². The van der Waals surface area contributed by atoms with Crippen LogP contribution in [0.5, 0.6) is 0 Å². The molecule has 0 aromatic heterocycles. The topological polar surface area (TPSA) is 78.9 Å². The third-order valence-electron chi connectivity index (χ3n) is 4.55. The number of ether oxygens (including phenoxy) is 1. The average Bonchev–Trinajstić information content (AvgIpc) is 2.84. The first-order valence-corrected chi connectivity index (χ1v) is 7.36. The second-order valence-electron chi connectivity index (χ2n) is 5.84. The molecule has 2 fully saturated rings. The Morgan fingerprint density at radius 3 is 2.75 bits per heavy atom. The molecule has 2 rings (SSSR count). The summed E-state index contributed by atoms with van der Waals surface area (Å²) in [5.74, 6) is -0.551. The lowest BCUT2D eigenvalue weighted by atomic mass is 9.85. The first kappa shape index (κ1) is 15.1. The molecule has 2 amide bonds. The standard InChI is InChI=1S/C14H24N2O4/c1-9(20-2)8-15-14(19)16-11-6-4-3-5-10(11)7-12(16)13(17)18/h9-12H,3-8H2,1-2H3,(H,15,19)(H,17,18). The van der Waals surface area contributed by atoms with Crippen LogP contribution < -0.4 is 5.32 Å². The molecule has 2 aliphatic rings. The number of nitrogens with one attached hydrogen (secondary N) is 1. The van der Waals surface area contributed by atoms with Gasteiger partial charge in [0.1, 0.15) is 6.04 Å². The highest BCUT2D eigenvalue weighted by Crippen LogP contribution is 2.39. The molecule has 0 aromatic carbocycles. The summed E-state index contributed by atoms with van der Waals surface area (Å²) in [7, 11) is 1.59. The molecule has 1 aliphatic heterocycles. The van der Waals surface area contributed by atoms with E-state index < -0.39 is 12.0 Å². The fraction of sp³-hybridized carbons (Fsp3) is 0.857. The fourth-order valence-electron chi connectivity index (χ4n) is 3.38. The number of carbonyl (C=O) groups excluding carboxylic acids is 1. The number of carboxylic acids is 1. The first-order valence-electron chi connectivity index (χ1n) is 7.36. The number of fused-ring (bicyclic) bond motifs is 1. The largest absolute Gasteiger partial charge is 0.480 e. The fourth-order valence-corrected chi connectivity index (χ4v) is 3.38. The van der Waals surface area contributed by atoms with E-state index in [4.69, 9.17) is 4.74 Å². The van der Waals surface area contributed by atoms with Crippen molar-refractivity contribution in [3.8, 4) is 0 Å². The number of methoxy groups -OCH3 is 1. The summed E-state index contributed by atoms with van der Waals surface area (Å²) >= 11 is 0. The van der Waals surface area contributed by atoms with Crippen molar-refractivity contribution in [2.45, 2.75) is 57.2 Å². The van der Waals surface area contributed by atoms with E-state index in [-0.39, 0.29) is 18.2 Å². The van der Waals surface area contributed by atoms with Gasteiger partial charge in [-0.2, -0.15) is 0 Å². The van der Waals surface area contributed by atoms with Gasteiger partial charge in [0.15, 0.2) is 0 Å². The molecule has 1 saturated heterocycles. The maximum absolute atomic E-state index is 12.3. The van der Waals surface area contributed by atoms with E-state index >= 15 is 0 Å². The van der Waals surface area contributed by atoms with Gasteiger partial charge >= 0.3 is 12.0 Å². The summed E-state index contributed by atoms with van der Waals surface area (Å²) in [6.07, 6.45) is 4.68. The summed E-state index contributed by atoms with van der Waals surface area (Å²) in [4.78, 5) is 25.3. The molecule has 1 aliphatic carbocycles. The van der Waals surface area contributed by atoms with Crippen molar-refractivity contribution < 1.29 is 19.4 Å². The van der Waals surface area contributed by atoms with Crippen LogP contribution in [0.15, 0.2) is 0 Å². The lowest BCUT2D eigenvalue weighted by molar-refractivity contribution is -0.141. The minimum Gasteiger partial charge on any atom is -0.480 e. The zero-order valence-electron chi connectivity index (χ0n) is 12.2. The molecule has 114 valence electrons. The molecule has 0 aromatic rings. The van der Waals surface area contributed by atoms with E-state index in [1.54, 1.807) is 12.0 Å². The Kier molecular flexibility index (Phi) is 4.86. The first-order chi connectivity index (χ1) is 9.54. The second-order valence-corrected chi connectivity index (χ2v) is 5.84. The number of rotatable bonds is 4. The summed E-state index contributed by atoms with van der Waals surface area (Å²) < 4.78 is 5.09. The third kappa shape index (κ3) is 3.06. The van der Waals surface area contributed by atoms with Crippen LogP contribution in [-0.2, 0) is 9.53 Å². The predicted molar refractivity (Wildman–Crippen MR) is 73.5 cm³/mol. The number of urea groups is 1. The highest BCUT2D eigenvalue weighted by atomic mass is 16.5. The zero-order valence-corrected chi connectivity index (χ0v) is 12.2. The smallest absolute Gasteiger partial charge is 0.326 e. The van der Waals surface area contributed by atoms with Gasteiger partial charge in [-0.3, -0.25) is 0 Å². The van der Waals surface area contributed by atoms with Crippen LogP contribution in [0.3, 0.4) is 0 Å². The monoisotopic (exact) mass is 284 g/mol. The Hall–Kier alpha value is -1.30. The Morgan fingerprint density at radius 1 is 1.40 bits per heavy atom. The van der Waals surface area contributed by atoms with Crippen LogP contribution in [0.4, 0.5) is 4.79 Å². The van der Waals surface area contributed by atoms with Gasteiger partial charge in [0, 0.05) is 19.7 Å². The van der Waals surface area contributed by atoms with Crippen LogP contribution in [0.25, 0.3) is 0 Å². The van der Waals surface area contributed by atoms with Crippen LogP contribution in [0, 0.1) is 5.92 Å².